The topological polar surface area (TPSA) is 100 Å². The smallest absolute Gasteiger partial charge is 0.345 e. The average Bonchev–Trinajstić information content (AvgIpc) is 3.52. The van der Waals surface area contributed by atoms with Gasteiger partial charge in [0.15, 0.2) is 0 Å². The standard InChI is InChI=1S/C28H17N5O2/c29-16-19(27-30-23-11-5-6-12-24(23)31-27)14-20-17-33(21-9-2-1-3-10-21)32-26(20)22-15-18-8-4-7-13-25(18)35-28(22)34/h1-15,17H,(H,30,31)/b19-14+. The molecule has 0 spiro atoms. The summed E-state index contributed by atoms with van der Waals surface area (Å²) in [6, 6.07) is 28.5. The molecule has 0 saturated carbocycles. The molecule has 0 unspecified atom stereocenters. The molecule has 166 valence electrons. The van der Waals surface area contributed by atoms with Gasteiger partial charge in [-0.25, -0.2) is 14.5 Å². The van der Waals surface area contributed by atoms with Crippen LogP contribution in [0.5, 0.6) is 0 Å². The first kappa shape index (κ1) is 20.4. The Labute approximate surface area is 199 Å². The molecule has 0 bridgehead atoms. The second-order valence-electron chi connectivity index (χ2n) is 7.97. The van der Waals surface area contributed by atoms with E-state index in [1.807, 2.05) is 72.8 Å². The largest absolute Gasteiger partial charge is 0.422 e. The first-order valence-electron chi connectivity index (χ1n) is 10.9. The summed E-state index contributed by atoms with van der Waals surface area (Å²) in [6.45, 7) is 0. The van der Waals surface area contributed by atoms with Crippen LogP contribution >= 0.6 is 0 Å². The fourth-order valence-corrected chi connectivity index (χ4v) is 4.03. The number of nitriles is 1. The molecule has 7 nitrogen and oxygen atoms in total. The summed E-state index contributed by atoms with van der Waals surface area (Å²) >= 11 is 0. The van der Waals surface area contributed by atoms with Crippen LogP contribution in [0.2, 0.25) is 0 Å². The zero-order chi connectivity index (χ0) is 23.8. The van der Waals surface area contributed by atoms with Gasteiger partial charge < -0.3 is 9.40 Å². The predicted molar refractivity (Wildman–Crippen MR) is 135 cm³/mol. The van der Waals surface area contributed by atoms with Crippen LogP contribution in [0.3, 0.4) is 0 Å². The van der Waals surface area contributed by atoms with Gasteiger partial charge >= 0.3 is 5.63 Å². The number of nitrogens with one attached hydrogen (secondary N) is 1. The van der Waals surface area contributed by atoms with Crippen molar-refractivity contribution in [2.24, 2.45) is 0 Å². The highest BCUT2D eigenvalue weighted by molar-refractivity contribution is 5.93. The zero-order valence-corrected chi connectivity index (χ0v) is 18.3. The maximum Gasteiger partial charge on any atom is 0.345 e. The lowest BCUT2D eigenvalue weighted by Crippen LogP contribution is -2.04. The molecule has 7 heteroatoms. The van der Waals surface area contributed by atoms with Gasteiger partial charge in [-0.2, -0.15) is 10.4 Å². The molecule has 0 saturated heterocycles. The lowest BCUT2D eigenvalue weighted by atomic mass is 10.1. The summed E-state index contributed by atoms with van der Waals surface area (Å²) < 4.78 is 7.25. The maximum absolute atomic E-state index is 13.0. The molecule has 0 aliphatic carbocycles. The first-order chi connectivity index (χ1) is 17.2. The molecule has 0 fully saturated rings. The molecule has 6 aromatic rings. The number of para-hydroxylation sites is 4. The Hall–Kier alpha value is -5.22. The highest BCUT2D eigenvalue weighted by Gasteiger charge is 2.18. The molecule has 35 heavy (non-hydrogen) atoms. The third-order valence-electron chi connectivity index (χ3n) is 5.72. The van der Waals surface area contributed by atoms with Gasteiger partial charge in [0.2, 0.25) is 0 Å². The third-order valence-corrected chi connectivity index (χ3v) is 5.72. The van der Waals surface area contributed by atoms with Crippen molar-refractivity contribution < 1.29 is 4.42 Å². The van der Waals surface area contributed by atoms with Crippen LogP contribution in [0.4, 0.5) is 0 Å². The van der Waals surface area contributed by atoms with Gasteiger partial charge in [0.05, 0.1) is 27.9 Å². The molecule has 1 N–H and O–H groups in total. The Morgan fingerprint density at radius 3 is 2.60 bits per heavy atom. The van der Waals surface area contributed by atoms with Gasteiger partial charge in [0.25, 0.3) is 0 Å². The number of benzene rings is 3. The molecular formula is C28H17N5O2. The average molecular weight is 455 g/mol. The van der Waals surface area contributed by atoms with Crippen molar-refractivity contribution in [3.05, 3.63) is 113 Å². The van der Waals surface area contributed by atoms with Crippen LogP contribution < -0.4 is 5.63 Å². The van der Waals surface area contributed by atoms with E-state index in [0.29, 0.717) is 33.8 Å². The van der Waals surface area contributed by atoms with Gasteiger partial charge in [-0.1, -0.05) is 48.5 Å². The number of aromatic amines is 1. The second-order valence-corrected chi connectivity index (χ2v) is 7.97. The molecule has 3 aromatic heterocycles. The number of aromatic nitrogens is 4. The first-order valence-corrected chi connectivity index (χ1v) is 10.9. The summed E-state index contributed by atoms with van der Waals surface area (Å²) in [4.78, 5) is 20.7. The van der Waals surface area contributed by atoms with E-state index >= 15 is 0 Å². The highest BCUT2D eigenvalue weighted by Crippen LogP contribution is 2.28. The van der Waals surface area contributed by atoms with Crippen molar-refractivity contribution in [3.63, 3.8) is 0 Å². The van der Waals surface area contributed by atoms with Crippen LogP contribution in [-0.2, 0) is 0 Å². The van der Waals surface area contributed by atoms with Crippen molar-refractivity contribution in [1.82, 2.24) is 19.7 Å². The monoisotopic (exact) mass is 455 g/mol. The number of hydrogen-bond donors (Lipinski definition) is 1. The van der Waals surface area contributed by atoms with Gasteiger partial charge in [0, 0.05) is 17.1 Å². The van der Waals surface area contributed by atoms with E-state index in [9.17, 15) is 10.1 Å². The fraction of sp³-hybridized carbons (Fsp3) is 0. The Balaban J connectivity index is 1.57. The normalized spacial score (nSPS) is 11.7. The third kappa shape index (κ3) is 3.69. The van der Waals surface area contributed by atoms with Crippen LogP contribution in [0, 0.1) is 11.3 Å². The van der Waals surface area contributed by atoms with E-state index < -0.39 is 5.63 Å². The molecular weight excluding hydrogens is 438 g/mol. The molecule has 3 heterocycles. The predicted octanol–water partition coefficient (Wildman–Crippen LogP) is 5.59. The number of rotatable bonds is 4. The van der Waals surface area contributed by atoms with E-state index in [2.05, 4.69) is 16.0 Å². The highest BCUT2D eigenvalue weighted by atomic mass is 16.4. The Bertz CT molecular complexity index is 1800. The summed E-state index contributed by atoms with van der Waals surface area (Å²) in [6.07, 6.45) is 3.48. The molecule has 3 aromatic carbocycles. The molecule has 6 rings (SSSR count). The Morgan fingerprint density at radius 1 is 1.00 bits per heavy atom. The van der Waals surface area contributed by atoms with E-state index in [0.717, 1.165) is 22.1 Å². The second kappa shape index (κ2) is 8.28. The van der Waals surface area contributed by atoms with Crippen molar-refractivity contribution >= 4 is 33.7 Å². The van der Waals surface area contributed by atoms with Gasteiger partial charge in [-0.3, -0.25) is 0 Å². The summed E-state index contributed by atoms with van der Waals surface area (Å²) in [7, 11) is 0. The molecule has 0 atom stereocenters. The fourth-order valence-electron chi connectivity index (χ4n) is 4.03. The maximum atomic E-state index is 13.0. The van der Waals surface area contributed by atoms with Crippen molar-refractivity contribution in [2.45, 2.75) is 0 Å². The number of allylic oxidation sites excluding steroid dienone is 1. The SMILES string of the molecule is N#C/C(=C\c1cn(-c2ccccc2)nc1-c1cc2ccccc2oc1=O)c1nc2ccccc2[nH]1. The van der Waals surface area contributed by atoms with Crippen LogP contribution in [0.1, 0.15) is 11.4 Å². The lowest BCUT2D eigenvalue weighted by Gasteiger charge is -2.02. The minimum Gasteiger partial charge on any atom is -0.422 e. The summed E-state index contributed by atoms with van der Waals surface area (Å²) in [5, 5.41) is 15.5. The van der Waals surface area contributed by atoms with Crippen LogP contribution in [0.15, 0.2) is 100 Å². The van der Waals surface area contributed by atoms with Crippen molar-refractivity contribution in [2.75, 3.05) is 0 Å². The molecule has 0 amide bonds. The summed E-state index contributed by atoms with van der Waals surface area (Å²) in [5.74, 6) is 0.442. The number of hydrogen-bond acceptors (Lipinski definition) is 5. The zero-order valence-electron chi connectivity index (χ0n) is 18.3. The van der Waals surface area contributed by atoms with Crippen LogP contribution in [-0.4, -0.2) is 19.7 Å². The van der Waals surface area contributed by atoms with E-state index in [-0.39, 0.29) is 0 Å². The van der Waals surface area contributed by atoms with E-state index in [1.165, 1.54) is 0 Å². The van der Waals surface area contributed by atoms with Crippen molar-refractivity contribution in [3.8, 4) is 23.0 Å². The van der Waals surface area contributed by atoms with Gasteiger partial charge in [-0.05, 0) is 42.5 Å². The van der Waals surface area contributed by atoms with Crippen molar-refractivity contribution in [1.29, 1.82) is 5.26 Å². The number of H-pyrrole nitrogens is 1. The summed E-state index contributed by atoms with van der Waals surface area (Å²) in [5.41, 5.74) is 4.05. The number of imidazole rings is 1. The van der Waals surface area contributed by atoms with Crippen LogP contribution in [0.25, 0.3) is 50.6 Å². The van der Waals surface area contributed by atoms with E-state index in [1.54, 1.807) is 29.1 Å². The lowest BCUT2D eigenvalue weighted by molar-refractivity contribution is 0.563. The Kier molecular flexibility index (Phi) is 4.83. The molecule has 0 aliphatic rings. The molecule has 0 aliphatic heterocycles. The molecule has 0 radical (unpaired) electrons. The van der Waals surface area contributed by atoms with E-state index in [4.69, 9.17) is 9.52 Å². The Morgan fingerprint density at radius 2 is 1.77 bits per heavy atom. The van der Waals surface area contributed by atoms with Gasteiger partial charge in [0.1, 0.15) is 23.2 Å². The minimum atomic E-state index is -0.501. The quantitative estimate of drug-likeness (QED) is 0.276. The number of fused-ring (bicyclic) bond motifs is 2. The minimum absolute atomic E-state index is 0.312. The van der Waals surface area contributed by atoms with Gasteiger partial charge in [-0.15, -0.1) is 0 Å². The number of nitrogens with zero attached hydrogens (tertiary/aromatic N) is 4.